The molecule has 0 aliphatic heterocycles. The Morgan fingerprint density at radius 2 is 1.15 bits per heavy atom. The highest BCUT2D eigenvalue weighted by atomic mass is 16.5. The second-order valence-electron chi connectivity index (χ2n) is 12.6. The summed E-state index contributed by atoms with van der Waals surface area (Å²) < 4.78 is 8.97. The number of aromatic nitrogens is 3. The van der Waals surface area contributed by atoms with E-state index < -0.39 is 17.1 Å². The van der Waals surface area contributed by atoms with E-state index >= 15 is 0 Å². The van der Waals surface area contributed by atoms with Crippen molar-refractivity contribution in [2.45, 2.75) is 110 Å². The van der Waals surface area contributed by atoms with Gasteiger partial charge in [-0.2, -0.15) is 5.26 Å². The quantitative estimate of drug-likeness (QED) is 0.232. The molecule has 3 aliphatic carbocycles. The number of nitrogens with zero attached hydrogens (tertiary/aromatic N) is 5. The SMILES string of the molecule is CCC1CCCC(Cn2c(=O)n(CC3CCCC(CN=C=O)C3)c(=O)n(CC3CCCC(COC#N)C3)c2=O)C1. The van der Waals surface area contributed by atoms with E-state index in [1.54, 1.807) is 12.3 Å². The van der Waals surface area contributed by atoms with Gasteiger partial charge in [-0.05, 0) is 86.9 Å². The normalized spacial score (nSPS) is 28.8. The van der Waals surface area contributed by atoms with E-state index in [2.05, 4.69) is 11.9 Å². The molecule has 3 fully saturated rings. The summed E-state index contributed by atoms with van der Waals surface area (Å²) >= 11 is 0. The monoisotopic (exact) mass is 555 g/mol. The number of aliphatic imine (C=N–C) groups is 1. The summed E-state index contributed by atoms with van der Waals surface area (Å²) in [6.45, 7) is 3.91. The zero-order valence-electron chi connectivity index (χ0n) is 24.0. The Morgan fingerprint density at radius 3 is 1.62 bits per heavy atom. The van der Waals surface area contributed by atoms with Gasteiger partial charge in [0.2, 0.25) is 6.08 Å². The van der Waals surface area contributed by atoms with Crippen LogP contribution in [0.2, 0.25) is 0 Å². The maximum Gasteiger partial charge on any atom is 0.336 e. The molecule has 0 saturated heterocycles. The fourth-order valence-corrected chi connectivity index (χ4v) is 7.64. The van der Waals surface area contributed by atoms with Gasteiger partial charge in [-0.3, -0.25) is 0 Å². The number of hydrogen-bond donors (Lipinski definition) is 0. The van der Waals surface area contributed by atoms with Crippen LogP contribution in [0.25, 0.3) is 0 Å². The highest BCUT2D eigenvalue weighted by molar-refractivity contribution is 5.32. The lowest BCUT2D eigenvalue weighted by atomic mass is 9.80. The maximum atomic E-state index is 13.8. The average Bonchev–Trinajstić information content (AvgIpc) is 2.98. The molecule has 4 rings (SSSR count). The molecule has 6 atom stereocenters. The molecule has 3 saturated carbocycles. The van der Waals surface area contributed by atoms with Gasteiger partial charge in [-0.15, -0.1) is 0 Å². The van der Waals surface area contributed by atoms with Crippen LogP contribution in [0.15, 0.2) is 19.4 Å². The summed E-state index contributed by atoms with van der Waals surface area (Å²) in [6, 6.07) is 0. The summed E-state index contributed by atoms with van der Waals surface area (Å²) in [6.07, 6.45) is 16.0. The Hall–Kier alpha value is -2.92. The highest BCUT2D eigenvalue weighted by Crippen LogP contribution is 2.32. The van der Waals surface area contributed by atoms with E-state index in [1.807, 2.05) is 0 Å². The summed E-state index contributed by atoms with van der Waals surface area (Å²) in [5.74, 6) is 1.57. The van der Waals surface area contributed by atoms with E-state index in [-0.39, 0.29) is 42.7 Å². The fourth-order valence-electron chi connectivity index (χ4n) is 7.64. The minimum absolute atomic E-state index is 0.116. The highest BCUT2D eigenvalue weighted by Gasteiger charge is 2.29. The second-order valence-corrected chi connectivity index (χ2v) is 12.6. The third-order valence-corrected chi connectivity index (χ3v) is 9.76. The van der Waals surface area contributed by atoms with Crippen molar-refractivity contribution in [1.82, 2.24) is 13.7 Å². The average molecular weight is 556 g/mol. The third-order valence-electron chi connectivity index (χ3n) is 9.76. The standard InChI is InChI=1S/C30H45N5O5/c1-2-22-6-3-8-24(12-22)16-33-28(37)34(17-25-9-4-7-23(13-25)15-32-21-36)30(39)35(29(33)38)18-26-10-5-11-27(14-26)19-40-20-31/h22-27H,2-19H2,1H3. The lowest BCUT2D eigenvalue weighted by Crippen LogP contribution is -2.56. The molecular weight excluding hydrogens is 510 g/mol. The molecule has 1 heterocycles. The fraction of sp³-hybridized carbons (Fsp3) is 0.833. The lowest BCUT2D eigenvalue weighted by Gasteiger charge is -2.31. The van der Waals surface area contributed by atoms with Crippen molar-refractivity contribution >= 4 is 6.08 Å². The zero-order chi connectivity index (χ0) is 28.5. The van der Waals surface area contributed by atoms with Crippen LogP contribution in [0.5, 0.6) is 0 Å². The summed E-state index contributed by atoms with van der Waals surface area (Å²) in [5, 5.41) is 8.80. The van der Waals surface area contributed by atoms with Gasteiger partial charge in [0.25, 0.3) is 6.26 Å². The summed E-state index contributed by atoms with van der Waals surface area (Å²) in [4.78, 5) is 55.7. The number of carbonyl (C=O) groups excluding carboxylic acids is 1. The van der Waals surface area contributed by atoms with Gasteiger partial charge in [0, 0.05) is 19.6 Å². The molecule has 220 valence electrons. The minimum atomic E-state index is -0.509. The van der Waals surface area contributed by atoms with Crippen LogP contribution in [-0.4, -0.2) is 32.9 Å². The first-order chi connectivity index (χ1) is 19.4. The Balaban J connectivity index is 1.63. The van der Waals surface area contributed by atoms with Crippen molar-refractivity contribution in [3.8, 4) is 6.26 Å². The lowest BCUT2D eigenvalue weighted by molar-refractivity contribution is 0.143. The van der Waals surface area contributed by atoms with E-state index in [1.165, 1.54) is 20.1 Å². The van der Waals surface area contributed by atoms with Gasteiger partial charge in [0.1, 0.15) is 6.61 Å². The molecule has 6 unspecified atom stereocenters. The van der Waals surface area contributed by atoms with Gasteiger partial charge in [-0.25, -0.2) is 37.9 Å². The Labute approximate surface area is 236 Å². The molecule has 0 radical (unpaired) electrons. The van der Waals surface area contributed by atoms with Crippen LogP contribution in [0, 0.1) is 47.0 Å². The van der Waals surface area contributed by atoms with E-state index in [0.717, 1.165) is 77.0 Å². The molecule has 40 heavy (non-hydrogen) atoms. The molecule has 1 aromatic heterocycles. The topological polar surface area (TPSA) is 128 Å². The van der Waals surface area contributed by atoms with Gasteiger partial charge >= 0.3 is 17.1 Å². The maximum absolute atomic E-state index is 13.8. The van der Waals surface area contributed by atoms with Crippen LogP contribution < -0.4 is 17.1 Å². The summed E-state index contributed by atoms with van der Waals surface area (Å²) in [5.41, 5.74) is -1.48. The predicted octanol–water partition coefficient (Wildman–Crippen LogP) is 3.83. The van der Waals surface area contributed by atoms with Crippen molar-refractivity contribution in [2.24, 2.45) is 40.5 Å². The van der Waals surface area contributed by atoms with Crippen LogP contribution in [-0.2, 0) is 29.2 Å². The van der Waals surface area contributed by atoms with Crippen LogP contribution in [0.1, 0.15) is 90.4 Å². The Morgan fingerprint density at radius 1 is 0.725 bits per heavy atom. The number of isocyanates is 1. The first kappa shape index (κ1) is 30.0. The Kier molecular flexibility index (Phi) is 11.0. The summed E-state index contributed by atoms with van der Waals surface area (Å²) in [7, 11) is 0. The van der Waals surface area contributed by atoms with Gasteiger partial charge in [0.05, 0.1) is 6.54 Å². The molecule has 1 aromatic rings. The minimum Gasteiger partial charge on any atom is -0.427 e. The number of rotatable bonds is 11. The van der Waals surface area contributed by atoms with Crippen LogP contribution in [0.4, 0.5) is 0 Å². The first-order valence-corrected chi connectivity index (χ1v) is 15.4. The van der Waals surface area contributed by atoms with E-state index in [0.29, 0.717) is 25.6 Å². The molecule has 0 spiro atoms. The van der Waals surface area contributed by atoms with Crippen LogP contribution in [0.3, 0.4) is 0 Å². The molecule has 0 bridgehead atoms. The van der Waals surface area contributed by atoms with Crippen molar-refractivity contribution < 1.29 is 9.53 Å². The number of nitriles is 1. The number of ether oxygens (including phenoxy) is 1. The largest absolute Gasteiger partial charge is 0.427 e. The third kappa shape index (κ3) is 7.63. The van der Waals surface area contributed by atoms with Crippen molar-refractivity contribution in [3.05, 3.63) is 31.5 Å². The van der Waals surface area contributed by atoms with E-state index in [4.69, 9.17) is 10.00 Å². The second kappa shape index (κ2) is 14.6. The molecule has 0 aromatic carbocycles. The van der Waals surface area contributed by atoms with E-state index in [9.17, 15) is 19.2 Å². The zero-order valence-corrected chi connectivity index (χ0v) is 24.0. The van der Waals surface area contributed by atoms with Crippen molar-refractivity contribution in [3.63, 3.8) is 0 Å². The Bertz CT molecular complexity index is 1250. The molecule has 0 N–H and O–H groups in total. The first-order valence-electron chi connectivity index (χ1n) is 15.4. The molecular formula is C30H45N5O5. The number of hydrogen-bond acceptors (Lipinski definition) is 7. The molecule has 3 aliphatic rings. The van der Waals surface area contributed by atoms with Crippen molar-refractivity contribution in [2.75, 3.05) is 13.2 Å². The smallest absolute Gasteiger partial charge is 0.336 e. The molecule has 0 amide bonds. The molecule has 10 nitrogen and oxygen atoms in total. The van der Waals surface area contributed by atoms with Crippen LogP contribution >= 0.6 is 0 Å². The van der Waals surface area contributed by atoms with Gasteiger partial charge < -0.3 is 4.74 Å². The van der Waals surface area contributed by atoms with Crippen molar-refractivity contribution in [1.29, 1.82) is 5.26 Å². The van der Waals surface area contributed by atoms with Gasteiger partial charge in [-0.1, -0.05) is 39.0 Å². The molecule has 10 heteroatoms. The van der Waals surface area contributed by atoms with Gasteiger partial charge in [0.15, 0.2) is 0 Å². The predicted molar refractivity (Wildman–Crippen MR) is 150 cm³/mol.